The Morgan fingerprint density at radius 2 is 2.08 bits per heavy atom. The zero-order valence-corrected chi connectivity index (χ0v) is 23.1. The first-order valence-corrected chi connectivity index (χ1v) is 14.0. The monoisotopic (exact) mass is 544 g/mol. The summed E-state index contributed by atoms with van der Waals surface area (Å²) < 4.78 is 13.0. The number of esters is 1. The number of hydrogen-bond donors (Lipinski definition) is 0. The molecular weight excluding hydrogens is 512 g/mol. The average Bonchev–Trinajstić information content (AvgIpc) is 3.50. The van der Waals surface area contributed by atoms with Crippen molar-refractivity contribution < 1.29 is 19.1 Å². The van der Waals surface area contributed by atoms with Gasteiger partial charge in [0, 0.05) is 31.8 Å². The fourth-order valence-electron chi connectivity index (χ4n) is 5.18. The molecule has 0 aromatic carbocycles. The second-order valence-corrected chi connectivity index (χ2v) is 11.0. The summed E-state index contributed by atoms with van der Waals surface area (Å²) >= 11 is 6.74. The summed E-state index contributed by atoms with van der Waals surface area (Å²) in [7, 11) is 0. The van der Waals surface area contributed by atoms with E-state index in [-0.39, 0.29) is 35.0 Å². The molecule has 2 unspecified atom stereocenters. The van der Waals surface area contributed by atoms with E-state index in [4.69, 9.17) is 21.7 Å². The lowest BCUT2D eigenvalue weighted by atomic mass is 9.96. The van der Waals surface area contributed by atoms with Gasteiger partial charge in [-0.3, -0.25) is 23.9 Å². The minimum atomic E-state index is -0.376. The van der Waals surface area contributed by atoms with Crippen molar-refractivity contribution in [2.75, 3.05) is 37.7 Å². The van der Waals surface area contributed by atoms with Crippen LogP contribution >= 0.6 is 24.0 Å². The predicted octanol–water partition coefficient (Wildman–Crippen LogP) is 3.21. The summed E-state index contributed by atoms with van der Waals surface area (Å²) in [4.78, 5) is 43.2. The van der Waals surface area contributed by atoms with Gasteiger partial charge in [-0.1, -0.05) is 24.0 Å². The van der Waals surface area contributed by atoms with Gasteiger partial charge in [0.2, 0.25) is 0 Å². The zero-order valence-electron chi connectivity index (χ0n) is 21.4. The van der Waals surface area contributed by atoms with E-state index in [0.29, 0.717) is 72.0 Å². The van der Waals surface area contributed by atoms with Crippen LogP contribution < -0.4 is 10.5 Å². The number of pyridine rings is 1. The third-order valence-electron chi connectivity index (χ3n) is 7.06. The smallest absolute Gasteiger partial charge is 0.310 e. The number of aromatic nitrogens is 1. The standard InChI is InChI=1S/C26H32N4O5S2/c1-4-29-22(28-10-6-8-17(14-28)25(33)34-5-2)19(16(3)20(13-27)23(29)31)12-21-24(32)30(26(36)37-21)15-18-9-7-11-35-18/h12,17-18H,4-11,14-15H2,1-3H3/b21-12-. The number of carbonyl (C=O) groups is 2. The number of ether oxygens (including phenoxy) is 2. The minimum Gasteiger partial charge on any atom is -0.466 e. The highest BCUT2D eigenvalue weighted by Crippen LogP contribution is 2.37. The zero-order chi connectivity index (χ0) is 26.7. The Labute approximate surface area is 226 Å². The van der Waals surface area contributed by atoms with Crippen LogP contribution in [0.4, 0.5) is 5.82 Å². The number of amides is 1. The maximum absolute atomic E-state index is 13.4. The second kappa shape index (κ2) is 11.8. The lowest BCUT2D eigenvalue weighted by Crippen LogP contribution is -2.43. The van der Waals surface area contributed by atoms with E-state index in [0.717, 1.165) is 19.3 Å². The Kier molecular flexibility index (Phi) is 8.72. The molecule has 3 fully saturated rings. The van der Waals surface area contributed by atoms with Gasteiger partial charge in [-0.15, -0.1) is 0 Å². The Morgan fingerprint density at radius 3 is 2.73 bits per heavy atom. The molecule has 0 N–H and O–H groups in total. The van der Waals surface area contributed by atoms with E-state index in [1.807, 2.05) is 11.8 Å². The van der Waals surface area contributed by atoms with E-state index in [1.165, 1.54) is 11.8 Å². The molecule has 3 aliphatic rings. The van der Waals surface area contributed by atoms with Crippen molar-refractivity contribution in [1.29, 1.82) is 5.26 Å². The molecule has 3 aliphatic heterocycles. The summed E-state index contributed by atoms with van der Waals surface area (Å²) in [5.74, 6) is -0.156. The van der Waals surface area contributed by atoms with Gasteiger partial charge in [0.15, 0.2) is 0 Å². The summed E-state index contributed by atoms with van der Waals surface area (Å²) in [6.07, 6.45) is 5.04. The Balaban J connectivity index is 1.77. The van der Waals surface area contributed by atoms with Gasteiger partial charge in [-0.05, 0) is 58.1 Å². The maximum atomic E-state index is 13.4. The third kappa shape index (κ3) is 5.47. The van der Waals surface area contributed by atoms with Crippen molar-refractivity contribution in [3.8, 4) is 6.07 Å². The first-order valence-electron chi connectivity index (χ1n) is 12.8. The van der Waals surface area contributed by atoms with Crippen LogP contribution in [0.2, 0.25) is 0 Å². The van der Waals surface area contributed by atoms with E-state index in [2.05, 4.69) is 6.07 Å². The van der Waals surface area contributed by atoms with Crippen molar-refractivity contribution in [3.63, 3.8) is 0 Å². The van der Waals surface area contributed by atoms with Crippen LogP contribution in [0.25, 0.3) is 6.08 Å². The molecular formula is C26H32N4O5S2. The molecule has 1 aromatic rings. The molecule has 0 aliphatic carbocycles. The molecule has 1 aromatic heterocycles. The number of nitrogens with zero attached hydrogens (tertiary/aromatic N) is 4. The number of nitriles is 1. The molecule has 198 valence electrons. The van der Waals surface area contributed by atoms with E-state index < -0.39 is 0 Å². The molecule has 1 amide bonds. The van der Waals surface area contributed by atoms with Gasteiger partial charge >= 0.3 is 5.97 Å². The van der Waals surface area contributed by atoms with Crippen LogP contribution in [-0.2, 0) is 25.6 Å². The van der Waals surface area contributed by atoms with Crippen LogP contribution in [0, 0.1) is 24.2 Å². The quantitative estimate of drug-likeness (QED) is 0.291. The lowest BCUT2D eigenvalue weighted by molar-refractivity contribution is -0.148. The van der Waals surface area contributed by atoms with Crippen molar-refractivity contribution in [2.45, 2.75) is 59.1 Å². The molecule has 0 bridgehead atoms. The summed E-state index contributed by atoms with van der Waals surface area (Å²) in [6, 6.07) is 2.05. The number of hydrogen-bond acceptors (Lipinski definition) is 9. The number of thioether (sulfide) groups is 1. The molecule has 0 saturated carbocycles. The Bertz CT molecular complexity index is 1230. The second-order valence-electron chi connectivity index (χ2n) is 9.36. The number of piperidine rings is 1. The molecule has 37 heavy (non-hydrogen) atoms. The molecule has 2 atom stereocenters. The van der Waals surface area contributed by atoms with Crippen LogP contribution in [0.1, 0.15) is 56.2 Å². The Hall–Kier alpha value is -2.68. The van der Waals surface area contributed by atoms with Gasteiger partial charge in [-0.2, -0.15) is 5.26 Å². The minimum absolute atomic E-state index is 0.0282. The SMILES string of the molecule is CCOC(=O)C1CCCN(c2c(/C=C3\SC(=S)N(CC4CCCO4)C3=O)c(C)c(C#N)c(=O)n2CC)C1. The van der Waals surface area contributed by atoms with Gasteiger partial charge < -0.3 is 14.4 Å². The number of rotatable bonds is 7. The topological polar surface area (TPSA) is 105 Å². The van der Waals surface area contributed by atoms with Crippen LogP contribution in [0.5, 0.6) is 0 Å². The van der Waals surface area contributed by atoms with Crippen LogP contribution in [0.3, 0.4) is 0 Å². The third-order valence-corrected chi connectivity index (χ3v) is 8.44. The number of anilines is 1. The number of carbonyl (C=O) groups excluding carboxylic acids is 2. The highest BCUT2D eigenvalue weighted by molar-refractivity contribution is 8.26. The highest BCUT2D eigenvalue weighted by atomic mass is 32.2. The van der Waals surface area contributed by atoms with Crippen molar-refractivity contribution in [2.24, 2.45) is 5.92 Å². The molecule has 4 heterocycles. The summed E-state index contributed by atoms with van der Waals surface area (Å²) in [5.41, 5.74) is 0.805. The van der Waals surface area contributed by atoms with Gasteiger partial charge in [0.25, 0.3) is 11.5 Å². The molecule has 0 spiro atoms. The molecule has 9 nitrogen and oxygen atoms in total. The average molecular weight is 545 g/mol. The first-order chi connectivity index (χ1) is 17.8. The molecule has 3 saturated heterocycles. The maximum Gasteiger partial charge on any atom is 0.310 e. The van der Waals surface area contributed by atoms with E-state index in [9.17, 15) is 19.6 Å². The Morgan fingerprint density at radius 1 is 1.30 bits per heavy atom. The van der Waals surface area contributed by atoms with Gasteiger partial charge in [0.1, 0.15) is 21.8 Å². The van der Waals surface area contributed by atoms with E-state index in [1.54, 1.807) is 29.4 Å². The van der Waals surface area contributed by atoms with Crippen molar-refractivity contribution in [1.82, 2.24) is 9.47 Å². The summed E-state index contributed by atoms with van der Waals surface area (Å²) in [6.45, 7) is 8.15. The molecule has 4 rings (SSSR count). The largest absolute Gasteiger partial charge is 0.466 e. The van der Waals surface area contributed by atoms with Crippen molar-refractivity contribution >= 4 is 52.1 Å². The van der Waals surface area contributed by atoms with Crippen molar-refractivity contribution in [3.05, 3.63) is 31.9 Å². The predicted molar refractivity (Wildman–Crippen MR) is 146 cm³/mol. The normalized spacial score (nSPS) is 23.1. The molecule has 0 radical (unpaired) electrons. The highest BCUT2D eigenvalue weighted by Gasteiger charge is 2.36. The fourth-order valence-corrected chi connectivity index (χ4v) is 6.44. The number of thiocarbonyl (C=S) groups is 1. The van der Waals surface area contributed by atoms with Crippen LogP contribution in [0.15, 0.2) is 9.70 Å². The fraction of sp³-hybridized carbons (Fsp3) is 0.577. The first kappa shape index (κ1) is 27.4. The summed E-state index contributed by atoms with van der Waals surface area (Å²) in [5, 5.41) is 9.80. The van der Waals surface area contributed by atoms with Gasteiger partial charge in [-0.25, -0.2) is 0 Å². The van der Waals surface area contributed by atoms with Crippen LogP contribution in [-0.4, -0.2) is 64.6 Å². The lowest BCUT2D eigenvalue weighted by Gasteiger charge is -2.36. The van der Waals surface area contributed by atoms with E-state index >= 15 is 0 Å². The molecule has 11 heteroatoms. The van der Waals surface area contributed by atoms with Gasteiger partial charge in [0.05, 0.1) is 30.1 Å².